The first-order chi connectivity index (χ1) is 19.4. The van der Waals surface area contributed by atoms with Gasteiger partial charge in [-0.05, 0) is 92.6 Å². The normalized spacial score (nSPS) is 16.1. The molecule has 0 spiro atoms. The third-order valence-electron chi connectivity index (χ3n) is 8.53. The van der Waals surface area contributed by atoms with Gasteiger partial charge in [0.05, 0.1) is 18.2 Å². The number of nitriles is 1. The summed E-state index contributed by atoms with van der Waals surface area (Å²) in [5.74, 6) is 1.03. The molecule has 0 saturated carbocycles. The molecule has 2 aliphatic rings. The first-order valence-corrected chi connectivity index (χ1v) is 14.5. The van der Waals surface area contributed by atoms with Gasteiger partial charge in [0.2, 0.25) is 0 Å². The Kier molecular flexibility index (Phi) is 8.72. The maximum Gasteiger partial charge on any atom is 0.251 e. The molecule has 6 nitrogen and oxygen atoms in total. The molecule has 0 aliphatic carbocycles. The lowest BCUT2D eigenvalue weighted by Gasteiger charge is -2.42. The first-order valence-electron chi connectivity index (χ1n) is 14.5. The van der Waals surface area contributed by atoms with Crippen molar-refractivity contribution in [3.8, 4) is 11.8 Å². The molecule has 208 valence electrons. The van der Waals surface area contributed by atoms with E-state index in [1.807, 2.05) is 50.2 Å². The van der Waals surface area contributed by atoms with Gasteiger partial charge >= 0.3 is 0 Å². The number of benzene rings is 3. The van der Waals surface area contributed by atoms with Crippen molar-refractivity contribution < 1.29 is 9.53 Å². The molecule has 1 N–H and O–H groups in total. The van der Waals surface area contributed by atoms with Crippen molar-refractivity contribution >= 4 is 11.6 Å². The average Bonchev–Trinajstić information content (AvgIpc) is 3.44. The zero-order valence-corrected chi connectivity index (χ0v) is 24.0. The molecular weight excluding hydrogens is 496 g/mol. The zero-order valence-electron chi connectivity index (χ0n) is 24.0. The fourth-order valence-corrected chi connectivity index (χ4v) is 6.20. The number of aryl methyl sites for hydroxylation is 2. The van der Waals surface area contributed by atoms with E-state index < -0.39 is 0 Å². The van der Waals surface area contributed by atoms with Gasteiger partial charge in [-0.25, -0.2) is 0 Å². The van der Waals surface area contributed by atoms with Crippen LogP contribution in [0.25, 0.3) is 0 Å². The molecule has 2 heterocycles. The van der Waals surface area contributed by atoms with Gasteiger partial charge in [-0.15, -0.1) is 0 Å². The van der Waals surface area contributed by atoms with E-state index in [2.05, 4.69) is 52.4 Å². The lowest BCUT2D eigenvalue weighted by molar-refractivity contribution is 0.0944. The van der Waals surface area contributed by atoms with E-state index in [9.17, 15) is 10.1 Å². The van der Waals surface area contributed by atoms with Crippen LogP contribution in [-0.2, 0) is 13.0 Å². The van der Waals surface area contributed by atoms with E-state index >= 15 is 0 Å². The van der Waals surface area contributed by atoms with Crippen molar-refractivity contribution in [3.05, 3.63) is 94.0 Å². The minimum Gasteiger partial charge on any atom is -0.493 e. The molecule has 6 heteroatoms. The topological polar surface area (TPSA) is 68.6 Å². The van der Waals surface area contributed by atoms with Crippen LogP contribution in [-0.4, -0.2) is 49.1 Å². The number of fused-ring (bicyclic) bond motifs is 1. The van der Waals surface area contributed by atoms with Gasteiger partial charge in [0.15, 0.2) is 0 Å². The number of likely N-dealkylation sites (tertiary alicyclic amines) is 1. The first kappa shape index (κ1) is 27.7. The Bertz CT molecular complexity index is 1370. The maximum absolute atomic E-state index is 12.8. The fourth-order valence-electron chi connectivity index (χ4n) is 6.20. The number of nitrogens with zero attached hydrogens (tertiary/aromatic N) is 3. The molecule has 1 saturated heterocycles. The lowest BCUT2D eigenvalue weighted by Crippen LogP contribution is -2.48. The molecule has 2 aliphatic heterocycles. The molecular formula is C34H40N4O2. The van der Waals surface area contributed by atoms with Gasteiger partial charge in [-0.3, -0.25) is 4.79 Å². The highest BCUT2D eigenvalue weighted by atomic mass is 16.5. The van der Waals surface area contributed by atoms with Crippen molar-refractivity contribution in [1.82, 2.24) is 10.2 Å². The van der Waals surface area contributed by atoms with Crippen molar-refractivity contribution in [2.45, 2.75) is 65.1 Å². The Morgan fingerprint density at radius 1 is 1.10 bits per heavy atom. The van der Waals surface area contributed by atoms with E-state index in [-0.39, 0.29) is 5.91 Å². The second-order valence-corrected chi connectivity index (χ2v) is 11.3. The number of ether oxygens (including phenoxy) is 1. The molecule has 0 aromatic heterocycles. The summed E-state index contributed by atoms with van der Waals surface area (Å²) in [5, 5.41) is 12.6. The number of amides is 1. The lowest BCUT2D eigenvalue weighted by atomic mass is 9.98. The number of anilines is 1. The summed E-state index contributed by atoms with van der Waals surface area (Å²) in [5.41, 5.74) is 7.21. The summed E-state index contributed by atoms with van der Waals surface area (Å²) in [6, 6.07) is 23.6. The van der Waals surface area contributed by atoms with Crippen LogP contribution < -0.4 is 15.0 Å². The number of hydrogen-bond donors (Lipinski definition) is 1. The average molecular weight is 537 g/mol. The number of hydrogen-bond acceptors (Lipinski definition) is 5. The zero-order chi connectivity index (χ0) is 28.1. The third kappa shape index (κ3) is 6.32. The summed E-state index contributed by atoms with van der Waals surface area (Å²) in [4.78, 5) is 17.9. The molecule has 1 fully saturated rings. The van der Waals surface area contributed by atoms with Crippen LogP contribution in [0, 0.1) is 25.2 Å². The van der Waals surface area contributed by atoms with Crippen LogP contribution in [0.3, 0.4) is 0 Å². The number of rotatable bonds is 9. The summed E-state index contributed by atoms with van der Waals surface area (Å²) in [6.45, 7) is 10.5. The van der Waals surface area contributed by atoms with Crippen LogP contribution >= 0.6 is 0 Å². The number of carbonyl (C=O) groups excluding carboxylic acids is 1. The van der Waals surface area contributed by atoms with Crippen LogP contribution in [0.4, 0.5) is 5.69 Å². The number of carbonyl (C=O) groups is 1. The van der Waals surface area contributed by atoms with Crippen LogP contribution in [0.2, 0.25) is 0 Å². The fraction of sp³-hybridized carbons (Fsp3) is 0.412. The van der Waals surface area contributed by atoms with E-state index in [4.69, 9.17) is 4.74 Å². The predicted molar refractivity (Wildman–Crippen MR) is 160 cm³/mol. The highest BCUT2D eigenvalue weighted by Crippen LogP contribution is 2.33. The highest BCUT2D eigenvalue weighted by molar-refractivity contribution is 5.97. The number of nitrogens with one attached hydrogen (secondary N) is 1. The van der Waals surface area contributed by atoms with Crippen molar-refractivity contribution in [3.63, 3.8) is 0 Å². The van der Waals surface area contributed by atoms with Gasteiger partial charge in [0.25, 0.3) is 5.91 Å². The van der Waals surface area contributed by atoms with E-state index in [1.165, 1.54) is 11.3 Å². The Labute approximate surface area is 238 Å². The van der Waals surface area contributed by atoms with Gasteiger partial charge < -0.3 is 19.9 Å². The minimum absolute atomic E-state index is 0.0253. The summed E-state index contributed by atoms with van der Waals surface area (Å²) < 4.78 is 5.76. The molecule has 0 radical (unpaired) electrons. The Morgan fingerprint density at radius 3 is 2.60 bits per heavy atom. The minimum atomic E-state index is 0.0253. The Balaban J connectivity index is 1.20. The second kappa shape index (κ2) is 12.6. The SMILES string of the molecule is Cc1cccc(C)c1C(=O)NCCC(C)N1CCC(N(Cc2cccc(C#N)c2)c2ccc3c(c2)CCO3)CC1. The summed E-state index contributed by atoms with van der Waals surface area (Å²) in [7, 11) is 0. The van der Waals surface area contributed by atoms with Gasteiger partial charge in [0, 0.05) is 55.9 Å². The van der Waals surface area contributed by atoms with Crippen molar-refractivity contribution in [1.29, 1.82) is 5.26 Å². The summed E-state index contributed by atoms with van der Waals surface area (Å²) >= 11 is 0. The van der Waals surface area contributed by atoms with Gasteiger partial charge in [-0.2, -0.15) is 5.26 Å². The highest BCUT2D eigenvalue weighted by Gasteiger charge is 2.28. The van der Waals surface area contributed by atoms with E-state index in [1.54, 1.807) is 0 Å². The third-order valence-corrected chi connectivity index (χ3v) is 8.53. The molecule has 1 atom stereocenters. The largest absolute Gasteiger partial charge is 0.493 e. The molecule has 1 unspecified atom stereocenters. The predicted octanol–water partition coefficient (Wildman–Crippen LogP) is 5.79. The van der Waals surface area contributed by atoms with Crippen molar-refractivity contribution in [2.24, 2.45) is 0 Å². The molecule has 1 amide bonds. The monoisotopic (exact) mass is 536 g/mol. The molecule has 3 aromatic rings. The summed E-state index contributed by atoms with van der Waals surface area (Å²) in [6.07, 6.45) is 4.03. The standard InChI is InChI=1S/C34H40N4O2/c1-24-6-4-7-25(2)33(24)34(39)36-16-12-26(3)37-17-13-30(14-18-37)38(23-28-9-5-8-27(20-28)22-35)31-10-11-32-29(21-31)15-19-40-32/h4-11,20-21,26,30H,12-19,23H2,1-3H3,(H,36,39). The number of piperidine rings is 1. The molecule has 3 aromatic carbocycles. The van der Waals surface area contributed by atoms with Gasteiger partial charge in [0.1, 0.15) is 5.75 Å². The van der Waals surface area contributed by atoms with E-state index in [0.717, 1.165) is 79.9 Å². The van der Waals surface area contributed by atoms with Crippen LogP contribution in [0.15, 0.2) is 60.7 Å². The Morgan fingerprint density at radius 2 is 1.85 bits per heavy atom. The van der Waals surface area contributed by atoms with Crippen molar-refractivity contribution in [2.75, 3.05) is 31.1 Å². The van der Waals surface area contributed by atoms with E-state index in [0.29, 0.717) is 24.2 Å². The smallest absolute Gasteiger partial charge is 0.251 e. The quantitative estimate of drug-likeness (QED) is 0.375. The van der Waals surface area contributed by atoms with Crippen LogP contribution in [0.1, 0.15) is 64.4 Å². The molecule has 0 bridgehead atoms. The Hall–Kier alpha value is -3.82. The maximum atomic E-state index is 12.8. The molecule has 40 heavy (non-hydrogen) atoms. The van der Waals surface area contributed by atoms with Crippen LogP contribution in [0.5, 0.6) is 5.75 Å². The second-order valence-electron chi connectivity index (χ2n) is 11.3. The molecule has 5 rings (SSSR count). The van der Waals surface area contributed by atoms with Gasteiger partial charge in [-0.1, -0.05) is 30.3 Å².